The maximum absolute atomic E-state index is 13.0. The van der Waals surface area contributed by atoms with E-state index in [0.717, 1.165) is 4.42 Å². The molecule has 0 aromatic carbocycles. The van der Waals surface area contributed by atoms with Gasteiger partial charge in [0, 0.05) is 24.7 Å². The second-order valence-electron chi connectivity index (χ2n) is 3.61. The molecule has 1 aromatic heterocycles. The molecule has 1 amide bonds. The SMILES string of the molecule is O=C([C@@H]1C[C@@H](F)CN1)N(Cl)c1cncc(Br)n1. The first-order chi connectivity index (χ1) is 8.08. The molecule has 0 spiro atoms. The molecule has 17 heavy (non-hydrogen) atoms. The van der Waals surface area contributed by atoms with Crippen LogP contribution in [0.3, 0.4) is 0 Å². The molecule has 1 fully saturated rings. The van der Waals surface area contributed by atoms with Crippen molar-refractivity contribution >= 4 is 39.4 Å². The average molecular weight is 324 g/mol. The van der Waals surface area contributed by atoms with Crippen LogP contribution in [0.15, 0.2) is 17.0 Å². The summed E-state index contributed by atoms with van der Waals surface area (Å²) in [6.07, 6.45) is 1.95. The summed E-state index contributed by atoms with van der Waals surface area (Å²) in [6, 6.07) is -0.608. The fraction of sp³-hybridized carbons (Fsp3) is 0.444. The summed E-state index contributed by atoms with van der Waals surface area (Å²) >= 11 is 8.98. The minimum atomic E-state index is -1.01. The molecule has 0 saturated carbocycles. The molecule has 0 unspecified atom stereocenters. The lowest BCUT2D eigenvalue weighted by Gasteiger charge is -2.16. The Morgan fingerprint density at radius 1 is 1.65 bits per heavy atom. The number of aromatic nitrogens is 2. The largest absolute Gasteiger partial charge is 0.303 e. The molecular formula is C9H9BrClFN4O. The molecule has 0 aliphatic carbocycles. The minimum absolute atomic E-state index is 0.128. The molecule has 0 radical (unpaired) electrons. The fourth-order valence-corrected chi connectivity index (χ4v) is 2.06. The van der Waals surface area contributed by atoms with Crippen LogP contribution in [0, 0.1) is 0 Å². The summed E-state index contributed by atoms with van der Waals surface area (Å²) in [5.41, 5.74) is 0. The molecule has 2 rings (SSSR count). The zero-order valence-corrected chi connectivity index (χ0v) is 10.9. The summed E-state index contributed by atoms with van der Waals surface area (Å²) in [5, 5.41) is 2.76. The highest BCUT2D eigenvalue weighted by molar-refractivity contribution is 9.10. The van der Waals surface area contributed by atoms with E-state index in [4.69, 9.17) is 11.8 Å². The standard InChI is InChI=1S/C9H9BrClFN4O/c10-7-3-13-4-8(15-7)16(11)9(17)6-1-5(12)2-14-6/h3-6,14H,1-2H2/t5-,6+/m1/s1. The average Bonchev–Trinajstić information content (AvgIpc) is 2.74. The molecule has 92 valence electrons. The van der Waals surface area contributed by atoms with Crippen LogP contribution >= 0.6 is 27.7 Å². The van der Waals surface area contributed by atoms with Crippen molar-refractivity contribution in [3.05, 3.63) is 17.0 Å². The van der Waals surface area contributed by atoms with E-state index in [9.17, 15) is 9.18 Å². The van der Waals surface area contributed by atoms with E-state index < -0.39 is 18.1 Å². The van der Waals surface area contributed by atoms with Crippen molar-refractivity contribution in [2.24, 2.45) is 0 Å². The van der Waals surface area contributed by atoms with E-state index in [0.29, 0.717) is 4.60 Å². The van der Waals surface area contributed by atoms with Gasteiger partial charge in [-0.25, -0.2) is 13.8 Å². The maximum Gasteiger partial charge on any atom is 0.260 e. The second-order valence-corrected chi connectivity index (χ2v) is 4.76. The van der Waals surface area contributed by atoms with Gasteiger partial charge in [0.15, 0.2) is 5.82 Å². The van der Waals surface area contributed by atoms with Gasteiger partial charge in [-0.3, -0.25) is 9.78 Å². The summed E-state index contributed by atoms with van der Waals surface area (Å²) in [6.45, 7) is 0.172. The van der Waals surface area contributed by atoms with Crippen molar-refractivity contribution in [3.8, 4) is 0 Å². The highest BCUT2D eigenvalue weighted by atomic mass is 79.9. The van der Waals surface area contributed by atoms with Crippen molar-refractivity contribution in [3.63, 3.8) is 0 Å². The van der Waals surface area contributed by atoms with Crippen molar-refractivity contribution in [1.82, 2.24) is 15.3 Å². The Hall–Kier alpha value is -0.790. The monoisotopic (exact) mass is 322 g/mol. The van der Waals surface area contributed by atoms with Gasteiger partial charge in [-0.1, -0.05) is 0 Å². The van der Waals surface area contributed by atoms with E-state index in [-0.39, 0.29) is 18.8 Å². The van der Waals surface area contributed by atoms with Gasteiger partial charge in [-0.05, 0) is 15.9 Å². The fourth-order valence-electron chi connectivity index (χ4n) is 1.56. The second kappa shape index (κ2) is 5.24. The van der Waals surface area contributed by atoms with Gasteiger partial charge in [-0.15, -0.1) is 0 Å². The molecule has 1 N–H and O–H groups in total. The zero-order valence-electron chi connectivity index (χ0n) is 8.61. The van der Waals surface area contributed by atoms with E-state index in [1.54, 1.807) is 0 Å². The number of carbonyl (C=O) groups excluding carboxylic acids is 1. The quantitative estimate of drug-likeness (QED) is 0.837. The zero-order chi connectivity index (χ0) is 12.4. The van der Waals surface area contributed by atoms with Crippen LogP contribution in [0.1, 0.15) is 6.42 Å². The predicted molar refractivity (Wildman–Crippen MR) is 64.4 cm³/mol. The van der Waals surface area contributed by atoms with Crippen LogP contribution in [-0.2, 0) is 4.79 Å². The van der Waals surface area contributed by atoms with Crippen molar-refractivity contribution in [2.45, 2.75) is 18.6 Å². The van der Waals surface area contributed by atoms with Crippen LogP contribution < -0.4 is 9.74 Å². The number of hydrogen-bond acceptors (Lipinski definition) is 4. The summed E-state index contributed by atoms with van der Waals surface area (Å²) in [5.74, 6) is -0.227. The third-order valence-corrected chi connectivity index (χ3v) is 3.08. The first kappa shape index (κ1) is 12.7. The van der Waals surface area contributed by atoms with Crippen molar-refractivity contribution in [1.29, 1.82) is 0 Å². The van der Waals surface area contributed by atoms with Crippen LogP contribution in [0.25, 0.3) is 0 Å². The molecule has 1 aliphatic heterocycles. The molecule has 5 nitrogen and oxygen atoms in total. The third kappa shape index (κ3) is 2.91. The molecule has 0 bridgehead atoms. The number of halogens is 3. The number of nitrogens with one attached hydrogen (secondary N) is 1. The number of rotatable bonds is 2. The Morgan fingerprint density at radius 3 is 3.00 bits per heavy atom. The number of anilines is 1. The molecule has 2 atom stereocenters. The Bertz CT molecular complexity index is 435. The van der Waals surface area contributed by atoms with Gasteiger partial charge in [0.1, 0.15) is 10.8 Å². The topological polar surface area (TPSA) is 58.1 Å². The van der Waals surface area contributed by atoms with Gasteiger partial charge in [0.2, 0.25) is 0 Å². The minimum Gasteiger partial charge on any atom is -0.303 e. The summed E-state index contributed by atoms with van der Waals surface area (Å²) < 4.78 is 14.3. The molecule has 1 aromatic rings. The van der Waals surface area contributed by atoms with Crippen molar-refractivity contribution in [2.75, 3.05) is 11.0 Å². The van der Waals surface area contributed by atoms with Gasteiger partial charge >= 0.3 is 0 Å². The summed E-state index contributed by atoms with van der Waals surface area (Å²) in [4.78, 5) is 19.7. The van der Waals surface area contributed by atoms with Crippen LogP contribution in [0.4, 0.5) is 10.2 Å². The highest BCUT2D eigenvalue weighted by Gasteiger charge is 2.33. The van der Waals surface area contributed by atoms with Crippen LogP contribution in [0.5, 0.6) is 0 Å². The molecule has 2 heterocycles. The lowest BCUT2D eigenvalue weighted by molar-refractivity contribution is -0.119. The molecular weight excluding hydrogens is 314 g/mol. The van der Waals surface area contributed by atoms with Crippen LogP contribution in [-0.4, -0.2) is 34.6 Å². The first-order valence-electron chi connectivity index (χ1n) is 4.92. The van der Waals surface area contributed by atoms with Crippen molar-refractivity contribution < 1.29 is 9.18 Å². The highest BCUT2D eigenvalue weighted by Crippen LogP contribution is 2.19. The number of amides is 1. The van der Waals surface area contributed by atoms with E-state index in [1.807, 2.05) is 0 Å². The Kier molecular flexibility index (Phi) is 3.90. The van der Waals surface area contributed by atoms with Gasteiger partial charge in [0.25, 0.3) is 5.91 Å². The van der Waals surface area contributed by atoms with Gasteiger partial charge in [-0.2, -0.15) is 0 Å². The third-order valence-electron chi connectivity index (χ3n) is 2.36. The Balaban J connectivity index is 2.09. The molecule has 8 heteroatoms. The van der Waals surface area contributed by atoms with Gasteiger partial charge in [0.05, 0.1) is 18.4 Å². The normalized spacial score (nSPS) is 23.7. The van der Waals surface area contributed by atoms with Gasteiger partial charge < -0.3 is 5.32 Å². The number of alkyl halides is 1. The number of carbonyl (C=O) groups is 1. The van der Waals surface area contributed by atoms with E-state index >= 15 is 0 Å². The Morgan fingerprint density at radius 2 is 2.41 bits per heavy atom. The Labute approximate surface area is 111 Å². The van der Waals surface area contributed by atoms with E-state index in [2.05, 4.69) is 31.2 Å². The smallest absolute Gasteiger partial charge is 0.260 e. The lowest BCUT2D eigenvalue weighted by atomic mass is 10.2. The predicted octanol–water partition coefficient (Wildman–Crippen LogP) is 1.43. The molecule has 1 aliphatic rings. The lowest BCUT2D eigenvalue weighted by Crippen LogP contribution is -2.39. The molecule has 1 saturated heterocycles. The number of hydrogen-bond donors (Lipinski definition) is 1. The first-order valence-corrected chi connectivity index (χ1v) is 6.06. The van der Waals surface area contributed by atoms with Crippen LogP contribution in [0.2, 0.25) is 0 Å². The maximum atomic E-state index is 13.0. The van der Waals surface area contributed by atoms with E-state index in [1.165, 1.54) is 12.4 Å². The summed E-state index contributed by atoms with van der Waals surface area (Å²) in [7, 11) is 0. The number of nitrogens with zero attached hydrogens (tertiary/aromatic N) is 3.